The van der Waals surface area contributed by atoms with Crippen molar-refractivity contribution >= 4 is 11.9 Å². The van der Waals surface area contributed by atoms with Gasteiger partial charge in [0.2, 0.25) is 5.91 Å². The van der Waals surface area contributed by atoms with E-state index in [-0.39, 0.29) is 11.8 Å². The molecule has 1 aromatic carbocycles. The molecule has 0 unspecified atom stereocenters. The molecule has 0 aliphatic carbocycles. The van der Waals surface area contributed by atoms with Gasteiger partial charge in [-0.15, -0.1) is 0 Å². The number of hydrogen-bond acceptors (Lipinski definition) is 4. The van der Waals surface area contributed by atoms with E-state index in [1.165, 1.54) is 0 Å². The van der Waals surface area contributed by atoms with Gasteiger partial charge in [-0.2, -0.15) is 5.10 Å². The summed E-state index contributed by atoms with van der Waals surface area (Å²) in [4.78, 5) is 26.2. The Kier molecular flexibility index (Phi) is 4.70. The second-order valence-corrected chi connectivity index (χ2v) is 7.39. The smallest absolute Gasteiger partial charge is 0.311 e. The molecule has 4 rings (SSSR count). The molecule has 2 aromatic rings. The Hall–Kier alpha value is -2.67. The van der Waals surface area contributed by atoms with Gasteiger partial charge in [-0.05, 0) is 30.5 Å². The van der Waals surface area contributed by atoms with Crippen LogP contribution in [0.15, 0.2) is 42.7 Å². The number of para-hydroxylation sites is 1. The van der Waals surface area contributed by atoms with Crippen LogP contribution in [0.1, 0.15) is 18.4 Å². The van der Waals surface area contributed by atoms with Crippen molar-refractivity contribution in [2.45, 2.75) is 19.3 Å². The van der Waals surface area contributed by atoms with Gasteiger partial charge in [0.15, 0.2) is 0 Å². The van der Waals surface area contributed by atoms with E-state index in [0.29, 0.717) is 45.6 Å². The van der Waals surface area contributed by atoms with Crippen LogP contribution in [0, 0.1) is 11.3 Å². The van der Waals surface area contributed by atoms with Crippen molar-refractivity contribution in [3.63, 3.8) is 0 Å². The minimum atomic E-state index is -0.841. The molecule has 2 aliphatic heterocycles. The van der Waals surface area contributed by atoms with Gasteiger partial charge in [0.1, 0.15) is 0 Å². The van der Waals surface area contributed by atoms with Gasteiger partial charge in [-0.25, -0.2) is 4.68 Å². The number of fused-ring (bicyclic) bond motifs is 1. The van der Waals surface area contributed by atoms with Crippen LogP contribution in [0.3, 0.4) is 0 Å². The van der Waals surface area contributed by atoms with Crippen molar-refractivity contribution < 1.29 is 19.4 Å². The van der Waals surface area contributed by atoms with Crippen LogP contribution in [0.2, 0.25) is 0 Å². The van der Waals surface area contributed by atoms with Gasteiger partial charge in [-0.3, -0.25) is 9.59 Å². The number of carboxylic acids is 1. The lowest BCUT2D eigenvalue weighted by Crippen LogP contribution is -2.45. The molecular weight excluding hydrogens is 346 g/mol. The van der Waals surface area contributed by atoms with Crippen molar-refractivity contribution in [3.05, 3.63) is 48.3 Å². The lowest BCUT2D eigenvalue weighted by molar-refractivity contribution is -0.157. The van der Waals surface area contributed by atoms with E-state index in [4.69, 9.17) is 4.74 Å². The van der Waals surface area contributed by atoms with Crippen LogP contribution in [0.5, 0.6) is 0 Å². The second kappa shape index (κ2) is 7.15. The van der Waals surface area contributed by atoms with Crippen LogP contribution in [-0.4, -0.2) is 58.0 Å². The van der Waals surface area contributed by atoms with Gasteiger partial charge in [0, 0.05) is 38.2 Å². The summed E-state index contributed by atoms with van der Waals surface area (Å²) in [6.07, 6.45) is 5.11. The molecule has 7 nitrogen and oxygen atoms in total. The fourth-order valence-corrected chi connectivity index (χ4v) is 4.11. The first-order valence-corrected chi connectivity index (χ1v) is 9.26. The third-order valence-electron chi connectivity index (χ3n) is 5.77. The van der Waals surface area contributed by atoms with E-state index >= 15 is 0 Å². The summed E-state index contributed by atoms with van der Waals surface area (Å²) < 4.78 is 7.24. The van der Waals surface area contributed by atoms with Crippen molar-refractivity contribution in [1.82, 2.24) is 14.7 Å². The molecule has 0 saturated carbocycles. The van der Waals surface area contributed by atoms with Gasteiger partial charge in [0.25, 0.3) is 0 Å². The van der Waals surface area contributed by atoms with Crippen LogP contribution >= 0.6 is 0 Å². The number of aliphatic carboxylic acids is 1. The SMILES string of the molecule is O=C(CCc1cnn(-c2ccccc2)c1)N1C[C@H]2COCC[C@@]2(C(=O)O)C1. The topological polar surface area (TPSA) is 84.7 Å². The average molecular weight is 369 g/mol. The molecule has 2 atom stereocenters. The Bertz CT molecular complexity index is 835. The molecule has 3 heterocycles. The van der Waals surface area contributed by atoms with Crippen molar-refractivity contribution in [2.24, 2.45) is 11.3 Å². The Balaban J connectivity index is 1.38. The predicted octanol–water partition coefficient (Wildman–Crippen LogP) is 1.75. The molecule has 1 amide bonds. The summed E-state index contributed by atoms with van der Waals surface area (Å²) in [5, 5.41) is 14.1. The third-order valence-corrected chi connectivity index (χ3v) is 5.77. The molecule has 0 bridgehead atoms. The lowest BCUT2D eigenvalue weighted by Gasteiger charge is -2.33. The maximum absolute atomic E-state index is 12.7. The van der Waals surface area contributed by atoms with Crippen molar-refractivity contribution in [2.75, 3.05) is 26.3 Å². The molecule has 2 aliphatic rings. The number of carboxylic acid groups (broad SMARTS) is 1. The first-order valence-electron chi connectivity index (χ1n) is 9.26. The lowest BCUT2D eigenvalue weighted by atomic mass is 9.74. The monoisotopic (exact) mass is 369 g/mol. The summed E-state index contributed by atoms with van der Waals surface area (Å²) in [6.45, 7) is 1.62. The first kappa shape index (κ1) is 17.7. The number of nitrogens with zero attached hydrogens (tertiary/aromatic N) is 3. The predicted molar refractivity (Wildman–Crippen MR) is 97.5 cm³/mol. The van der Waals surface area contributed by atoms with Crippen molar-refractivity contribution in [1.29, 1.82) is 0 Å². The zero-order valence-electron chi connectivity index (χ0n) is 15.1. The fourth-order valence-electron chi connectivity index (χ4n) is 4.11. The average Bonchev–Trinajstić information content (AvgIpc) is 3.32. The highest BCUT2D eigenvalue weighted by molar-refractivity contribution is 5.81. The Morgan fingerprint density at radius 1 is 1.30 bits per heavy atom. The highest BCUT2D eigenvalue weighted by atomic mass is 16.5. The van der Waals surface area contributed by atoms with E-state index in [2.05, 4.69) is 5.10 Å². The van der Waals surface area contributed by atoms with E-state index in [1.807, 2.05) is 36.5 Å². The first-order chi connectivity index (χ1) is 13.1. The number of likely N-dealkylation sites (tertiary alicyclic amines) is 1. The molecule has 142 valence electrons. The Labute approximate surface area is 157 Å². The summed E-state index contributed by atoms with van der Waals surface area (Å²) >= 11 is 0. The quantitative estimate of drug-likeness (QED) is 0.868. The zero-order chi connectivity index (χ0) is 18.9. The maximum Gasteiger partial charge on any atom is 0.311 e. The van der Waals surface area contributed by atoms with E-state index in [0.717, 1.165) is 11.3 Å². The van der Waals surface area contributed by atoms with E-state index < -0.39 is 11.4 Å². The largest absolute Gasteiger partial charge is 0.481 e. The Morgan fingerprint density at radius 2 is 2.11 bits per heavy atom. The molecule has 2 fully saturated rings. The van der Waals surface area contributed by atoms with Gasteiger partial charge in [-0.1, -0.05) is 18.2 Å². The van der Waals surface area contributed by atoms with Crippen LogP contribution < -0.4 is 0 Å². The van der Waals surface area contributed by atoms with E-state index in [1.54, 1.807) is 15.8 Å². The molecule has 2 saturated heterocycles. The van der Waals surface area contributed by atoms with Gasteiger partial charge < -0.3 is 14.7 Å². The second-order valence-electron chi connectivity index (χ2n) is 7.39. The molecule has 1 aromatic heterocycles. The van der Waals surface area contributed by atoms with Gasteiger partial charge in [0.05, 0.1) is 23.9 Å². The minimum Gasteiger partial charge on any atom is -0.481 e. The molecule has 0 radical (unpaired) electrons. The normalized spacial score (nSPS) is 24.6. The number of amides is 1. The van der Waals surface area contributed by atoms with Gasteiger partial charge >= 0.3 is 5.97 Å². The summed E-state index contributed by atoms with van der Waals surface area (Å²) in [5.74, 6) is -0.929. The standard InChI is InChI=1S/C20H23N3O4/c24-18(22-12-16-13-27-9-8-20(16,14-22)19(25)26)7-6-15-10-21-23(11-15)17-4-2-1-3-5-17/h1-5,10-11,16H,6-9,12-14H2,(H,25,26)/t16-,20+/m0/s1. The number of carbonyl (C=O) groups excluding carboxylic acids is 1. The van der Waals surface area contributed by atoms with Crippen LogP contribution in [0.25, 0.3) is 5.69 Å². The maximum atomic E-state index is 12.7. The summed E-state index contributed by atoms with van der Waals surface area (Å²) in [6, 6.07) is 9.81. The highest BCUT2D eigenvalue weighted by Crippen LogP contribution is 2.42. The number of ether oxygens (including phenoxy) is 1. The number of hydrogen-bond donors (Lipinski definition) is 1. The van der Waals surface area contributed by atoms with E-state index in [9.17, 15) is 14.7 Å². The van der Waals surface area contributed by atoms with Crippen LogP contribution in [0.4, 0.5) is 0 Å². The molecular formula is C20H23N3O4. The number of aromatic nitrogens is 2. The number of aryl methyl sites for hydroxylation is 1. The summed E-state index contributed by atoms with van der Waals surface area (Å²) in [5.41, 5.74) is 1.12. The number of carbonyl (C=O) groups is 2. The van der Waals surface area contributed by atoms with Crippen molar-refractivity contribution in [3.8, 4) is 5.69 Å². The highest BCUT2D eigenvalue weighted by Gasteiger charge is 2.54. The summed E-state index contributed by atoms with van der Waals surface area (Å²) in [7, 11) is 0. The fraction of sp³-hybridized carbons (Fsp3) is 0.450. The minimum absolute atomic E-state index is 0.00233. The molecule has 27 heavy (non-hydrogen) atoms. The molecule has 7 heteroatoms. The number of benzene rings is 1. The molecule has 0 spiro atoms. The van der Waals surface area contributed by atoms with Crippen LogP contribution in [-0.2, 0) is 20.7 Å². The number of rotatable bonds is 5. The third kappa shape index (κ3) is 3.35. The zero-order valence-corrected chi connectivity index (χ0v) is 15.1. The Morgan fingerprint density at radius 3 is 2.85 bits per heavy atom. The molecule has 1 N–H and O–H groups in total.